The van der Waals surface area contributed by atoms with Gasteiger partial charge in [-0.25, -0.2) is 0 Å². The van der Waals surface area contributed by atoms with E-state index >= 15 is 0 Å². The minimum absolute atomic E-state index is 0.227. The highest BCUT2D eigenvalue weighted by molar-refractivity contribution is 6.33. The van der Waals surface area contributed by atoms with Crippen LogP contribution in [-0.2, 0) is 6.54 Å². The molecule has 0 saturated carbocycles. The normalized spacial score (nSPS) is 17.2. The molecule has 2 heterocycles. The summed E-state index contributed by atoms with van der Waals surface area (Å²) in [4.78, 5) is 28.7. The van der Waals surface area contributed by atoms with Gasteiger partial charge in [0.2, 0.25) is 0 Å². The number of amides is 2. The second-order valence-corrected chi connectivity index (χ2v) is 6.98. The van der Waals surface area contributed by atoms with Crippen molar-refractivity contribution in [2.45, 2.75) is 25.8 Å². The van der Waals surface area contributed by atoms with Gasteiger partial charge >= 0.3 is 0 Å². The zero-order valence-electron chi connectivity index (χ0n) is 13.9. The lowest BCUT2D eigenvalue weighted by Gasteiger charge is -2.30. The van der Waals surface area contributed by atoms with E-state index in [0.717, 1.165) is 24.3 Å². The number of carbonyl (C=O) groups excluding carboxylic acids is 2. The van der Waals surface area contributed by atoms with E-state index in [-0.39, 0.29) is 18.4 Å². The molecule has 0 N–H and O–H groups in total. The van der Waals surface area contributed by atoms with Crippen LogP contribution in [0.3, 0.4) is 0 Å². The van der Waals surface area contributed by atoms with Crippen molar-refractivity contribution in [3.05, 3.63) is 64.2 Å². The molecule has 0 spiro atoms. The van der Waals surface area contributed by atoms with Crippen molar-refractivity contribution in [3.8, 4) is 0 Å². The van der Waals surface area contributed by atoms with Crippen LogP contribution in [0.15, 0.2) is 42.5 Å². The largest absolute Gasteiger partial charge is 0.370 e. The standard InChI is InChI=1S/C20H19ClN2O2/c21-17-9-8-14(12-18(17)22-10-4-1-5-11-22)13-23-19(24)15-6-2-3-7-16(15)20(23)25/h2-3,6-9,12H,1,4-5,10-11,13H2. The number of benzene rings is 2. The van der Waals surface area contributed by atoms with Crippen molar-refractivity contribution in [1.82, 2.24) is 4.90 Å². The highest BCUT2D eigenvalue weighted by atomic mass is 35.5. The minimum atomic E-state index is -0.227. The Morgan fingerprint density at radius 3 is 2.16 bits per heavy atom. The molecule has 2 aromatic rings. The van der Waals surface area contributed by atoms with Crippen molar-refractivity contribution >= 4 is 29.1 Å². The second-order valence-electron chi connectivity index (χ2n) is 6.58. The maximum absolute atomic E-state index is 12.5. The van der Waals surface area contributed by atoms with Crippen molar-refractivity contribution in [2.24, 2.45) is 0 Å². The van der Waals surface area contributed by atoms with E-state index < -0.39 is 0 Å². The molecular weight excluding hydrogens is 336 g/mol. The number of anilines is 1. The molecule has 1 fully saturated rings. The van der Waals surface area contributed by atoms with E-state index in [0.29, 0.717) is 16.1 Å². The van der Waals surface area contributed by atoms with Gasteiger partial charge < -0.3 is 4.90 Å². The smallest absolute Gasteiger partial charge is 0.261 e. The summed E-state index contributed by atoms with van der Waals surface area (Å²) >= 11 is 6.39. The Bertz CT molecular complexity index is 808. The Morgan fingerprint density at radius 2 is 1.52 bits per heavy atom. The van der Waals surface area contributed by atoms with E-state index in [1.165, 1.54) is 24.2 Å². The molecule has 4 nitrogen and oxygen atoms in total. The van der Waals surface area contributed by atoms with Gasteiger partial charge in [0.15, 0.2) is 0 Å². The molecule has 5 heteroatoms. The number of nitrogens with zero attached hydrogens (tertiary/aromatic N) is 2. The molecule has 0 bridgehead atoms. The van der Waals surface area contributed by atoms with Crippen LogP contribution in [0.25, 0.3) is 0 Å². The fraction of sp³-hybridized carbons (Fsp3) is 0.300. The molecule has 0 atom stereocenters. The molecule has 2 aromatic carbocycles. The minimum Gasteiger partial charge on any atom is -0.370 e. The summed E-state index contributed by atoms with van der Waals surface area (Å²) < 4.78 is 0. The quantitative estimate of drug-likeness (QED) is 0.778. The van der Waals surface area contributed by atoms with Crippen LogP contribution in [0, 0.1) is 0 Å². The van der Waals surface area contributed by atoms with Crippen molar-refractivity contribution in [2.75, 3.05) is 18.0 Å². The fourth-order valence-electron chi connectivity index (χ4n) is 3.60. The van der Waals surface area contributed by atoms with E-state index in [1.807, 2.05) is 18.2 Å². The van der Waals surface area contributed by atoms with Gasteiger partial charge in [-0.05, 0) is 49.1 Å². The maximum Gasteiger partial charge on any atom is 0.261 e. The van der Waals surface area contributed by atoms with Crippen LogP contribution in [0.5, 0.6) is 0 Å². The average molecular weight is 355 g/mol. The number of rotatable bonds is 3. The van der Waals surface area contributed by atoms with Crippen LogP contribution in [0.2, 0.25) is 5.02 Å². The highest BCUT2D eigenvalue weighted by Gasteiger charge is 2.35. The van der Waals surface area contributed by atoms with Crippen molar-refractivity contribution < 1.29 is 9.59 Å². The predicted molar refractivity (Wildman–Crippen MR) is 98.2 cm³/mol. The van der Waals surface area contributed by atoms with Crippen LogP contribution in [-0.4, -0.2) is 29.8 Å². The first kappa shape index (κ1) is 16.2. The lowest BCUT2D eigenvalue weighted by Crippen LogP contribution is -2.31. The predicted octanol–water partition coefficient (Wildman–Crippen LogP) is 4.13. The third-order valence-electron chi connectivity index (χ3n) is 4.93. The van der Waals surface area contributed by atoms with Crippen LogP contribution in [0.1, 0.15) is 45.5 Å². The molecule has 4 rings (SSSR count). The lowest BCUT2D eigenvalue weighted by molar-refractivity contribution is 0.0642. The van der Waals surface area contributed by atoms with Crippen molar-refractivity contribution in [3.63, 3.8) is 0 Å². The summed E-state index contributed by atoms with van der Waals surface area (Å²) in [7, 11) is 0. The monoisotopic (exact) mass is 354 g/mol. The van der Waals surface area contributed by atoms with Gasteiger partial charge in [0.1, 0.15) is 0 Å². The molecule has 2 amide bonds. The average Bonchev–Trinajstić information content (AvgIpc) is 2.89. The third-order valence-corrected chi connectivity index (χ3v) is 5.25. The number of halogens is 1. The molecule has 0 unspecified atom stereocenters. The van der Waals surface area contributed by atoms with E-state index in [2.05, 4.69) is 4.90 Å². The Labute approximate surface area is 152 Å². The Balaban J connectivity index is 1.59. The van der Waals surface area contributed by atoms with Gasteiger partial charge in [-0.3, -0.25) is 14.5 Å². The number of carbonyl (C=O) groups is 2. The van der Waals surface area contributed by atoms with Crippen molar-refractivity contribution in [1.29, 1.82) is 0 Å². The molecule has 0 aliphatic carbocycles. The Hall–Kier alpha value is -2.33. The number of imide groups is 1. The zero-order chi connectivity index (χ0) is 17.4. The van der Waals surface area contributed by atoms with E-state index in [1.54, 1.807) is 24.3 Å². The zero-order valence-corrected chi connectivity index (χ0v) is 14.6. The van der Waals surface area contributed by atoms with Gasteiger partial charge in [0.25, 0.3) is 11.8 Å². The summed E-state index contributed by atoms with van der Waals surface area (Å²) in [6, 6.07) is 12.7. The second kappa shape index (κ2) is 6.52. The first-order valence-corrected chi connectivity index (χ1v) is 9.01. The summed E-state index contributed by atoms with van der Waals surface area (Å²) in [6.07, 6.45) is 3.58. The summed E-state index contributed by atoms with van der Waals surface area (Å²) in [5.41, 5.74) is 2.88. The first-order valence-electron chi connectivity index (χ1n) is 8.64. The molecule has 2 aliphatic rings. The van der Waals surface area contributed by atoms with Gasteiger partial charge in [0, 0.05) is 13.1 Å². The molecule has 0 aromatic heterocycles. The molecule has 0 radical (unpaired) electrons. The van der Waals surface area contributed by atoms with Gasteiger partial charge in [-0.1, -0.05) is 29.8 Å². The van der Waals surface area contributed by atoms with Crippen LogP contribution < -0.4 is 4.90 Å². The lowest BCUT2D eigenvalue weighted by atomic mass is 10.1. The molecule has 2 aliphatic heterocycles. The molecule has 25 heavy (non-hydrogen) atoms. The van der Waals surface area contributed by atoms with E-state index in [4.69, 9.17) is 11.6 Å². The van der Waals surface area contributed by atoms with Gasteiger partial charge in [0.05, 0.1) is 28.4 Å². The number of hydrogen-bond acceptors (Lipinski definition) is 3. The first-order chi connectivity index (χ1) is 12.1. The van der Waals surface area contributed by atoms with Gasteiger partial charge in [-0.2, -0.15) is 0 Å². The van der Waals surface area contributed by atoms with Crippen LogP contribution >= 0.6 is 11.6 Å². The van der Waals surface area contributed by atoms with Crippen LogP contribution in [0.4, 0.5) is 5.69 Å². The summed E-state index contributed by atoms with van der Waals surface area (Å²) in [5, 5.41) is 0.716. The highest BCUT2D eigenvalue weighted by Crippen LogP contribution is 2.31. The molecule has 1 saturated heterocycles. The number of fused-ring (bicyclic) bond motifs is 1. The Kier molecular flexibility index (Phi) is 4.22. The van der Waals surface area contributed by atoms with E-state index in [9.17, 15) is 9.59 Å². The maximum atomic E-state index is 12.5. The fourth-order valence-corrected chi connectivity index (χ4v) is 3.84. The van der Waals surface area contributed by atoms with Gasteiger partial charge in [-0.15, -0.1) is 0 Å². The third kappa shape index (κ3) is 2.91. The topological polar surface area (TPSA) is 40.6 Å². The molecular formula is C20H19ClN2O2. The number of hydrogen-bond donors (Lipinski definition) is 0. The number of piperidine rings is 1. The Morgan fingerprint density at radius 1 is 0.880 bits per heavy atom. The SMILES string of the molecule is O=C1c2ccccc2C(=O)N1Cc1ccc(Cl)c(N2CCCCC2)c1. The summed E-state index contributed by atoms with van der Waals surface area (Å²) in [6.45, 7) is 2.26. The summed E-state index contributed by atoms with van der Waals surface area (Å²) in [5.74, 6) is -0.454. The molecule has 128 valence electrons.